The van der Waals surface area contributed by atoms with E-state index >= 15 is 0 Å². The molecule has 0 saturated carbocycles. The summed E-state index contributed by atoms with van der Waals surface area (Å²) < 4.78 is 11.4. The van der Waals surface area contributed by atoms with Crippen molar-refractivity contribution < 1.29 is 14.3 Å². The van der Waals surface area contributed by atoms with Gasteiger partial charge >= 0.3 is 0 Å². The van der Waals surface area contributed by atoms with E-state index in [1.807, 2.05) is 53.4 Å². The van der Waals surface area contributed by atoms with Gasteiger partial charge in [0.05, 0.1) is 19.3 Å². The van der Waals surface area contributed by atoms with Crippen molar-refractivity contribution in [3.05, 3.63) is 83.4 Å². The third-order valence-electron chi connectivity index (χ3n) is 5.03. The van der Waals surface area contributed by atoms with Gasteiger partial charge in [0.25, 0.3) is 0 Å². The van der Waals surface area contributed by atoms with Gasteiger partial charge < -0.3 is 14.4 Å². The molecule has 1 aromatic heterocycles. The van der Waals surface area contributed by atoms with E-state index in [0.29, 0.717) is 44.0 Å². The van der Waals surface area contributed by atoms with Crippen molar-refractivity contribution in [2.24, 2.45) is 0 Å². The molecular formula is C23H23N3O3. The third kappa shape index (κ3) is 4.54. The van der Waals surface area contributed by atoms with E-state index in [1.54, 1.807) is 13.3 Å². The molecule has 0 bridgehead atoms. The molecule has 0 spiro atoms. The second-order valence-electron chi connectivity index (χ2n) is 7.00. The Bertz CT molecular complexity index is 967. The van der Waals surface area contributed by atoms with Gasteiger partial charge in [-0.25, -0.2) is 9.97 Å². The number of ether oxygens (including phenoxy) is 2. The second-order valence-corrected chi connectivity index (χ2v) is 7.00. The van der Waals surface area contributed by atoms with E-state index in [0.717, 1.165) is 22.4 Å². The monoisotopic (exact) mass is 389 g/mol. The Hall–Kier alpha value is -3.41. The molecule has 6 nitrogen and oxygen atoms in total. The van der Waals surface area contributed by atoms with E-state index < -0.39 is 0 Å². The molecule has 0 fully saturated rings. The number of fused-ring (bicyclic) bond motifs is 1. The van der Waals surface area contributed by atoms with Crippen molar-refractivity contribution in [1.29, 1.82) is 0 Å². The van der Waals surface area contributed by atoms with Crippen LogP contribution in [0.3, 0.4) is 0 Å². The first-order chi connectivity index (χ1) is 14.2. The van der Waals surface area contributed by atoms with Gasteiger partial charge in [-0.05, 0) is 29.7 Å². The van der Waals surface area contributed by atoms with Gasteiger partial charge in [-0.2, -0.15) is 0 Å². The van der Waals surface area contributed by atoms with E-state index in [2.05, 4.69) is 9.97 Å². The van der Waals surface area contributed by atoms with E-state index in [4.69, 9.17) is 9.47 Å². The fourth-order valence-electron chi connectivity index (χ4n) is 3.41. The van der Waals surface area contributed by atoms with Gasteiger partial charge in [-0.1, -0.05) is 36.4 Å². The third-order valence-corrected chi connectivity index (χ3v) is 5.03. The molecule has 0 atom stereocenters. The van der Waals surface area contributed by atoms with Crippen LogP contribution in [0.25, 0.3) is 0 Å². The number of benzene rings is 2. The number of hydrogen-bond acceptors (Lipinski definition) is 5. The first kappa shape index (κ1) is 18.9. The summed E-state index contributed by atoms with van der Waals surface area (Å²) in [6, 6.07) is 15.8. The number of amides is 1. The SMILES string of the molecule is COc1ccc(CCC(=O)N2Cc3cncnc3C2)cc1OCc1ccccc1. The highest BCUT2D eigenvalue weighted by Gasteiger charge is 2.24. The number of carbonyl (C=O) groups is 1. The van der Waals surface area contributed by atoms with Crippen molar-refractivity contribution in [1.82, 2.24) is 14.9 Å². The average Bonchev–Trinajstić information content (AvgIpc) is 3.21. The van der Waals surface area contributed by atoms with Gasteiger partial charge in [0, 0.05) is 24.7 Å². The van der Waals surface area contributed by atoms with Crippen LogP contribution in [0.5, 0.6) is 11.5 Å². The topological polar surface area (TPSA) is 64.5 Å². The minimum atomic E-state index is 0.116. The Kier molecular flexibility index (Phi) is 5.70. The lowest BCUT2D eigenvalue weighted by Crippen LogP contribution is -2.25. The fraction of sp³-hybridized carbons (Fsp3) is 0.261. The summed E-state index contributed by atoms with van der Waals surface area (Å²) in [7, 11) is 1.63. The number of aromatic nitrogens is 2. The maximum absolute atomic E-state index is 12.6. The van der Waals surface area contributed by atoms with Crippen LogP contribution in [-0.4, -0.2) is 27.9 Å². The number of carbonyl (C=O) groups excluding carboxylic acids is 1. The molecule has 1 aliphatic rings. The summed E-state index contributed by atoms with van der Waals surface area (Å²) in [6.45, 7) is 1.61. The van der Waals surface area contributed by atoms with Crippen molar-refractivity contribution in [2.45, 2.75) is 32.5 Å². The van der Waals surface area contributed by atoms with Crippen LogP contribution in [-0.2, 0) is 30.9 Å². The van der Waals surface area contributed by atoms with Gasteiger partial charge in [-0.3, -0.25) is 4.79 Å². The molecule has 6 heteroatoms. The maximum Gasteiger partial charge on any atom is 0.223 e. The Morgan fingerprint density at radius 3 is 2.72 bits per heavy atom. The molecule has 2 heterocycles. The molecule has 29 heavy (non-hydrogen) atoms. The van der Waals surface area contributed by atoms with Gasteiger partial charge in [0.2, 0.25) is 5.91 Å². The highest BCUT2D eigenvalue weighted by atomic mass is 16.5. The molecule has 0 unspecified atom stereocenters. The number of rotatable bonds is 7. The largest absolute Gasteiger partial charge is 0.493 e. The summed E-state index contributed by atoms with van der Waals surface area (Å²) in [5, 5.41) is 0. The zero-order valence-corrected chi connectivity index (χ0v) is 16.4. The van der Waals surface area contributed by atoms with Crippen molar-refractivity contribution in [3.63, 3.8) is 0 Å². The second kappa shape index (κ2) is 8.73. The number of nitrogens with zero attached hydrogens (tertiary/aromatic N) is 3. The first-order valence-electron chi connectivity index (χ1n) is 9.62. The standard InChI is InChI=1S/C23H23N3O3/c1-28-21-9-7-17(11-22(21)29-15-18-5-3-2-4-6-18)8-10-23(27)26-13-19-12-24-16-25-20(19)14-26/h2-7,9,11-12,16H,8,10,13-15H2,1H3. The Labute approximate surface area is 170 Å². The highest BCUT2D eigenvalue weighted by molar-refractivity contribution is 5.77. The van der Waals surface area contributed by atoms with Crippen molar-refractivity contribution in [3.8, 4) is 11.5 Å². The van der Waals surface area contributed by atoms with Crippen LogP contribution in [0, 0.1) is 0 Å². The lowest BCUT2D eigenvalue weighted by molar-refractivity contribution is -0.131. The molecule has 0 saturated heterocycles. The predicted molar refractivity (Wildman–Crippen MR) is 108 cm³/mol. The summed E-state index contributed by atoms with van der Waals surface area (Å²) in [5.74, 6) is 1.49. The van der Waals surface area contributed by atoms with Gasteiger partial charge in [0.1, 0.15) is 12.9 Å². The summed E-state index contributed by atoms with van der Waals surface area (Å²) in [4.78, 5) is 22.7. The quantitative estimate of drug-likeness (QED) is 0.618. The molecule has 1 aliphatic heterocycles. The Morgan fingerprint density at radius 2 is 1.93 bits per heavy atom. The number of aryl methyl sites for hydroxylation is 1. The van der Waals surface area contributed by atoms with Crippen molar-refractivity contribution in [2.75, 3.05) is 7.11 Å². The highest BCUT2D eigenvalue weighted by Crippen LogP contribution is 2.29. The smallest absolute Gasteiger partial charge is 0.223 e. The minimum Gasteiger partial charge on any atom is -0.493 e. The normalized spacial score (nSPS) is 12.5. The molecule has 3 aromatic rings. The molecule has 4 rings (SSSR count). The summed E-state index contributed by atoms with van der Waals surface area (Å²) in [5.41, 5.74) is 4.10. The van der Waals surface area contributed by atoms with Crippen LogP contribution in [0.15, 0.2) is 61.1 Å². The Morgan fingerprint density at radius 1 is 1.07 bits per heavy atom. The number of hydrogen-bond donors (Lipinski definition) is 0. The molecule has 2 aromatic carbocycles. The predicted octanol–water partition coefficient (Wildman–Crippen LogP) is 3.54. The first-order valence-corrected chi connectivity index (χ1v) is 9.62. The van der Waals surface area contributed by atoms with Crippen LogP contribution in [0.4, 0.5) is 0 Å². The molecule has 0 N–H and O–H groups in total. The molecule has 1 amide bonds. The van der Waals surface area contributed by atoms with Crippen LogP contribution < -0.4 is 9.47 Å². The van der Waals surface area contributed by atoms with E-state index in [1.165, 1.54) is 6.33 Å². The lowest BCUT2D eigenvalue weighted by atomic mass is 10.1. The fourth-order valence-corrected chi connectivity index (χ4v) is 3.41. The van der Waals surface area contributed by atoms with E-state index in [-0.39, 0.29) is 5.91 Å². The minimum absolute atomic E-state index is 0.116. The Balaban J connectivity index is 1.37. The van der Waals surface area contributed by atoms with Gasteiger partial charge in [0.15, 0.2) is 11.5 Å². The zero-order chi connectivity index (χ0) is 20.1. The lowest BCUT2D eigenvalue weighted by Gasteiger charge is -2.16. The molecular weight excluding hydrogens is 366 g/mol. The van der Waals surface area contributed by atoms with Crippen LogP contribution in [0.1, 0.15) is 28.8 Å². The molecule has 0 aliphatic carbocycles. The average molecular weight is 389 g/mol. The van der Waals surface area contributed by atoms with Crippen LogP contribution >= 0.6 is 0 Å². The summed E-state index contributed by atoms with van der Waals surface area (Å²) in [6.07, 6.45) is 4.39. The zero-order valence-electron chi connectivity index (χ0n) is 16.4. The van der Waals surface area contributed by atoms with E-state index in [9.17, 15) is 4.79 Å². The van der Waals surface area contributed by atoms with Gasteiger partial charge in [-0.15, -0.1) is 0 Å². The van der Waals surface area contributed by atoms with Crippen molar-refractivity contribution >= 4 is 5.91 Å². The maximum atomic E-state index is 12.6. The van der Waals surface area contributed by atoms with Crippen LogP contribution in [0.2, 0.25) is 0 Å². The number of methoxy groups -OCH3 is 1. The summed E-state index contributed by atoms with van der Waals surface area (Å²) >= 11 is 0. The molecule has 148 valence electrons. The molecule has 0 radical (unpaired) electrons.